The van der Waals surface area contributed by atoms with Crippen molar-refractivity contribution in [2.24, 2.45) is 0 Å². The summed E-state index contributed by atoms with van der Waals surface area (Å²) in [6, 6.07) is 18.8. The Kier molecular flexibility index (Phi) is 3.92. The topological polar surface area (TPSA) is 8.81 Å². The van der Waals surface area contributed by atoms with Gasteiger partial charge in [-0.05, 0) is 42.4 Å². The van der Waals surface area contributed by atoms with E-state index in [1.54, 1.807) is 0 Å². The van der Waals surface area contributed by atoms with Gasteiger partial charge in [-0.25, -0.2) is 4.57 Å². The zero-order chi connectivity index (χ0) is 15.8. The Labute approximate surface area is 145 Å². The van der Waals surface area contributed by atoms with Crippen molar-refractivity contribution in [3.63, 3.8) is 0 Å². The molecule has 2 nitrogen and oxygen atoms in total. The molecule has 0 spiro atoms. The van der Waals surface area contributed by atoms with Crippen LogP contribution in [0.3, 0.4) is 0 Å². The van der Waals surface area contributed by atoms with Gasteiger partial charge in [0.1, 0.15) is 11.4 Å². The molecule has 2 aromatic carbocycles. The molecule has 1 aliphatic heterocycles. The minimum atomic E-state index is 0.771. The molecule has 4 rings (SSSR count). The van der Waals surface area contributed by atoms with Crippen molar-refractivity contribution >= 4 is 23.4 Å². The maximum absolute atomic E-state index is 6.08. The van der Waals surface area contributed by atoms with Gasteiger partial charge in [0.15, 0.2) is 5.69 Å². The van der Waals surface area contributed by atoms with E-state index in [1.165, 1.54) is 40.0 Å². The smallest absolute Gasteiger partial charge is 0.221 e. The van der Waals surface area contributed by atoms with Gasteiger partial charge in [0, 0.05) is 23.3 Å². The number of thioether (sulfide) groups is 1. The lowest BCUT2D eigenvalue weighted by atomic mass is 10.1. The molecule has 0 radical (unpaired) electrons. The van der Waals surface area contributed by atoms with Crippen LogP contribution in [0, 0.1) is 6.92 Å². The number of hydrogen-bond donors (Lipinski definition) is 0. The summed E-state index contributed by atoms with van der Waals surface area (Å²) in [7, 11) is 0. The van der Waals surface area contributed by atoms with E-state index in [2.05, 4.69) is 58.5 Å². The Morgan fingerprint density at radius 3 is 2.52 bits per heavy atom. The third-order valence-electron chi connectivity index (χ3n) is 4.28. The molecule has 3 aromatic rings. The summed E-state index contributed by atoms with van der Waals surface area (Å²) in [5, 5.41) is 2.09. The van der Waals surface area contributed by atoms with Crippen molar-refractivity contribution in [2.45, 2.75) is 25.0 Å². The second-order valence-corrected chi connectivity index (χ2v) is 7.25. The molecule has 0 bridgehead atoms. The first kappa shape index (κ1) is 14.9. The predicted octanol–water partition coefficient (Wildman–Crippen LogP) is 4.89. The summed E-state index contributed by atoms with van der Waals surface area (Å²) in [6.45, 7) is 3.32. The Morgan fingerprint density at radius 2 is 1.78 bits per heavy atom. The highest BCUT2D eigenvalue weighted by Gasteiger charge is 2.32. The van der Waals surface area contributed by atoms with Crippen LogP contribution in [0.1, 0.15) is 12.1 Å². The second-order valence-electron chi connectivity index (χ2n) is 5.75. The quantitative estimate of drug-likeness (QED) is 0.603. The van der Waals surface area contributed by atoms with Gasteiger partial charge < -0.3 is 0 Å². The van der Waals surface area contributed by atoms with Crippen LogP contribution in [-0.2, 0) is 6.54 Å². The van der Waals surface area contributed by atoms with Gasteiger partial charge in [0.2, 0.25) is 0 Å². The number of halogens is 1. The van der Waals surface area contributed by atoms with E-state index in [0.29, 0.717) is 0 Å². The molecule has 0 unspecified atom stereocenters. The van der Waals surface area contributed by atoms with Crippen molar-refractivity contribution < 1.29 is 4.57 Å². The maximum Gasteiger partial charge on any atom is 0.323 e. The highest BCUT2D eigenvalue weighted by molar-refractivity contribution is 7.99. The van der Waals surface area contributed by atoms with Crippen LogP contribution >= 0.6 is 23.4 Å². The molecule has 0 saturated carbocycles. The third-order valence-corrected chi connectivity index (χ3v) is 5.69. The lowest BCUT2D eigenvalue weighted by molar-refractivity contribution is -0.739. The van der Waals surface area contributed by atoms with Crippen LogP contribution in [0.5, 0.6) is 0 Å². The number of benzene rings is 2. The van der Waals surface area contributed by atoms with E-state index < -0.39 is 0 Å². The van der Waals surface area contributed by atoms with Crippen LogP contribution in [0.2, 0.25) is 5.02 Å². The lowest BCUT2D eigenvalue weighted by Gasteiger charge is -2.09. The van der Waals surface area contributed by atoms with E-state index in [-0.39, 0.29) is 0 Å². The Bertz CT molecular complexity index is 838. The third kappa shape index (κ3) is 2.58. The van der Waals surface area contributed by atoms with Gasteiger partial charge in [0.25, 0.3) is 0 Å². The summed E-state index contributed by atoms with van der Waals surface area (Å²) in [5.74, 6) is 1.17. The van der Waals surface area contributed by atoms with Crippen molar-refractivity contribution in [1.82, 2.24) is 4.57 Å². The molecule has 1 aliphatic rings. The first-order valence-electron chi connectivity index (χ1n) is 7.85. The second kappa shape index (κ2) is 6.06. The number of fused-ring (bicyclic) bond motifs is 1. The van der Waals surface area contributed by atoms with E-state index in [9.17, 15) is 0 Å². The summed E-state index contributed by atoms with van der Waals surface area (Å²) >= 11 is 8.02. The lowest BCUT2D eigenvalue weighted by Crippen LogP contribution is -2.40. The molecule has 2 heterocycles. The van der Waals surface area contributed by atoms with Crippen molar-refractivity contribution in [1.29, 1.82) is 0 Å². The van der Waals surface area contributed by atoms with Gasteiger partial charge in [0.05, 0.1) is 6.54 Å². The van der Waals surface area contributed by atoms with Crippen molar-refractivity contribution in [3.05, 3.63) is 65.3 Å². The molecule has 0 amide bonds. The SMILES string of the molecule is Cc1c(-c2ccccc2)n(-c2ccc(Cl)cc2)c2[n+]1CCCS2. The predicted molar refractivity (Wildman–Crippen MR) is 96.5 cm³/mol. The van der Waals surface area contributed by atoms with E-state index in [1.807, 2.05) is 23.9 Å². The van der Waals surface area contributed by atoms with Gasteiger partial charge in [-0.2, -0.15) is 4.57 Å². The average molecular weight is 342 g/mol. The average Bonchev–Trinajstić information content (AvgIpc) is 2.90. The molecule has 0 fully saturated rings. The van der Waals surface area contributed by atoms with Gasteiger partial charge in [-0.3, -0.25) is 0 Å². The Morgan fingerprint density at radius 1 is 1.04 bits per heavy atom. The molecule has 0 N–H and O–H groups in total. The summed E-state index contributed by atoms with van der Waals surface area (Å²) < 4.78 is 4.83. The first-order chi connectivity index (χ1) is 11.3. The summed E-state index contributed by atoms with van der Waals surface area (Å²) in [4.78, 5) is 0. The first-order valence-corrected chi connectivity index (χ1v) is 9.21. The molecule has 23 heavy (non-hydrogen) atoms. The van der Waals surface area contributed by atoms with Crippen LogP contribution in [-0.4, -0.2) is 10.3 Å². The Balaban J connectivity index is 2.01. The minimum absolute atomic E-state index is 0.771. The van der Waals surface area contributed by atoms with Crippen LogP contribution in [0.15, 0.2) is 59.8 Å². The normalized spacial score (nSPS) is 13.8. The van der Waals surface area contributed by atoms with Crippen molar-refractivity contribution in [2.75, 3.05) is 5.75 Å². The number of nitrogens with zero attached hydrogens (tertiary/aromatic N) is 2. The van der Waals surface area contributed by atoms with Crippen LogP contribution < -0.4 is 4.57 Å². The molecule has 0 aliphatic carbocycles. The zero-order valence-electron chi connectivity index (χ0n) is 13.0. The fourth-order valence-corrected chi connectivity index (χ4v) is 4.50. The Hall–Kier alpha value is -1.71. The van der Waals surface area contributed by atoms with Crippen LogP contribution in [0.25, 0.3) is 16.9 Å². The van der Waals surface area contributed by atoms with Crippen molar-refractivity contribution in [3.8, 4) is 16.9 Å². The standard InChI is InChI=1S/C19H18ClN2S/c1-14-18(15-6-3-2-4-7-15)22(17-10-8-16(20)9-11-17)19-21(14)12-5-13-23-19/h2-4,6-11H,5,12-13H2,1H3/q+1. The highest BCUT2D eigenvalue weighted by atomic mass is 35.5. The number of aromatic nitrogens is 2. The van der Waals surface area contributed by atoms with E-state index in [0.717, 1.165) is 11.6 Å². The van der Waals surface area contributed by atoms with E-state index >= 15 is 0 Å². The van der Waals surface area contributed by atoms with Crippen LogP contribution in [0.4, 0.5) is 0 Å². The number of hydrogen-bond acceptors (Lipinski definition) is 1. The molecule has 4 heteroatoms. The fourth-order valence-electron chi connectivity index (χ4n) is 3.21. The summed E-state index contributed by atoms with van der Waals surface area (Å²) in [5.41, 5.74) is 5.02. The van der Waals surface area contributed by atoms with Gasteiger partial charge in [-0.1, -0.05) is 41.9 Å². The van der Waals surface area contributed by atoms with E-state index in [4.69, 9.17) is 11.6 Å². The highest BCUT2D eigenvalue weighted by Crippen LogP contribution is 2.33. The molecular formula is C19H18ClN2S+. The maximum atomic E-state index is 6.08. The van der Waals surface area contributed by atoms with Gasteiger partial charge in [-0.15, -0.1) is 0 Å². The molecule has 116 valence electrons. The number of rotatable bonds is 2. The molecular weight excluding hydrogens is 324 g/mol. The fraction of sp³-hybridized carbons (Fsp3) is 0.211. The molecule has 0 saturated heterocycles. The molecule has 0 atom stereocenters. The molecule has 1 aromatic heterocycles. The van der Waals surface area contributed by atoms with Gasteiger partial charge >= 0.3 is 5.16 Å². The largest absolute Gasteiger partial charge is 0.323 e. The number of imidazole rings is 1. The summed E-state index contributed by atoms with van der Waals surface area (Å²) in [6.07, 6.45) is 1.22. The zero-order valence-corrected chi connectivity index (χ0v) is 14.6. The minimum Gasteiger partial charge on any atom is -0.221 e. The monoisotopic (exact) mass is 341 g/mol.